The van der Waals surface area contributed by atoms with E-state index >= 15 is 0 Å². The smallest absolute Gasteiger partial charge is 0.250 e. The van der Waals surface area contributed by atoms with Gasteiger partial charge in [-0.05, 0) is 13.1 Å². The van der Waals surface area contributed by atoms with E-state index in [0.29, 0.717) is 12.1 Å². The minimum atomic E-state index is -0.434. The third kappa shape index (κ3) is 2.82. The summed E-state index contributed by atoms with van der Waals surface area (Å²) in [5.74, 6) is 0.340. The molecule has 1 N–H and O–H groups in total. The van der Waals surface area contributed by atoms with Crippen molar-refractivity contribution in [1.29, 1.82) is 0 Å². The molecule has 3 rings (SSSR count). The van der Waals surface area contributed by atoms with Crippen molar-refractivity contribution in [3.63, 3.8) is 0 Å². The molecule has 0 bridgehead atoms. The molecule has 21 heavy (non-hydrogen) atoms. The highest BCUT2D eigenvalue weighted by molar-refractivity contribution is 5.38. The van der Waals surface area contributed by atoms with Crippen molar-refractivity contribution in [3.8, 4) is 5.88 Å². The molecule has 0 fully saturated rings. The quantitative estimate of drug-likeness (QED) is 0.925. The first kappa shape index (κ1) is 13.8. The number of halogens is 1. The van der Waals surface area contributed by atoms with Gasteiger partial charge in [0.05, 0.1) is 19.3 Å². The van der Waals surface area contributed by atoms with Gasteiger partial charge in [-0.2, -0.15) is 5.10 Å². The number of anilines is 1. The first-order valence-electron chi connectivity index (χ1n) is 6.84. The van der Waals surface area contributed by atoms with Crippen LogP contribution in [0.4, 0.5) is 10.2 Å². The van der Waals surface area contributed by atoms with Gasteiger partial charge in [-0.25, -0.2) is 9.37 Å². The number of nitrogens with zero attached hydrogens (tertiary/aromatic N) is 4. The first-order chi connectivity index (χ1) is 10.2. The van der Waals surface area contributed by atoms with Crippen LogP contribution in [0.25, 0.3) is 0 Å². The van der Waals surface area contributed by atoms with E-state index in [0.717, 1.165) is 25.5 Å². The molecule has 0 aliphatic carbocycles. The zero-order valence-corrected chi connectivity index (χ0v) is 12.1. The van der Waals surface area contributed by atoms with Gasteiger partial charge in [0, 0.05) is 37.5 Å². The Morgan fingerprint density at radius 2 is 2.29 bits per heavy atom. The summed E-state index contributed by atoms with van der Waals surface area (Å²) in [4.78, 5) is 6.07. The summed E-state index contributed by atoms with van der Waals surface area (Å²) in [6.07, 6.45) is 1.53. The molecule has 7 heteroatoms. The number of rotatable bonds is 4. The molecule has 6 nitrogen and oxygen atoms in total. The maximum atomic E-state index is 14.0. The summed E-state index contributed by atoms with van der Waals surface area (Å²) < 4.78 is 20.9. The van der Waals surface area contributed by atoms with Gasteiger partial charge in [0.25, 0.3) is 0 Å². The van der Waals surface area contributed by atoms with Crippen LogP contribution in [0, 0.1) is 5.82 Å². The van der Waals surface area contributed by atoms with Crippen molar-refractivity contribution >= 4 is 5.82 Å². The topological polar surface area (TPSA) is 55.2 Å². The van der Waals surface area contributed by atoms with Gasteiger partial charge in [-0.1, -0.05) is 0 Å². The van der Waals surface area contributed by atoms with Gasteiger partial charge >= 0.3 is 0 Å². The number of pyridine rings is 1. The molecule has 3 heterocycles. The Hall–Kier alpha value is -2.15. The number of nitrogens with one attached hydrogen (secondary N) is 1. The number of hydrogen-bond acceptors (Lipinski definition) is 5. The summed E-state index contributed by atoms with van der Waals surface area (Å²) in [5.41, 5.74) is 1.67. The van der Waals surface area contributed by atoms with Crippen molar-refractivity contribution < 1.29 is 9.13 Å². The molecular weight excluding hydrogens is 273 g/mol. The molecule has 0 atom stereocenters. The number of aromatic nitrogens is 3. The summed E-state index contributed by atoms with van der Waals surface area (Å²) in [5, 5.41) is 7.63. The lowest BCUT2D eigenvalue weighted by Gasteiger charge is -2.22. The van der Waals surface area contributed by atoms with Crippen LogP contribution >= 0.6 is 0 Å². The number of fused-ring (bicyclic) bond motifs is 1. The van der Waals surface area contributed by atoms with Crippen molar-refractivity contribution in [3.05, 3.63) is 35.4 Å². The lowest BCUT2D eigenvalue weighted by Crippen LogP contribution is -2.30. The van der Waals surface area contributed by atoms with Crippen LogP contribution in [-0.2, 0) is 19.6 Å². The Morgan fingerprint density at radius 3 is 3.10 bits per heavy atom. The average molecular weight is 291 g/mol. The highest BCUT2D eigenvalue weighted by atomic mass is 19.1. The minimum Gasteiger partial charge on any atom is -0.479 e. The Labute approximate surface area is 122 Å². The lowest BCUT2D eigenvalue weighted by molar-refractivity contribution is 0.259. The summed E-state index contributed by atoms with van der Waals surface area (Å²) >= 11 is 0. The largest absolute Gasteiger partial charge is 0.479 e. The van der Waals surface area contributed by atoms with Crippen LogP contribution in [0.15, 0.2) is 18.3 Å². The molecule has 2 aromatic rings. The fourth-order valence-corrected chi connectivity index (χ4v) is 2.41. The van der Waals surface area contributed by atoms with Crippen LogP contribution in [0.3, 0.4) is 0 Å². The minimum absolute atomic E-state index is 0.0139. The van der Waals surface area contributed by atoms with Gasteiger partial charge in [-0.3, -0.25) is 9.58 Å². The summed E-state index contributed by atoms with van der Waals surface area (Å²) in [6, 6.07) is 3.64. The summed E-state index contributed by atoms with van der Waals surface area (Å²) in [6.45, 7) is 3.10. The molecule has 0 aromatic carbocycles. The van der Waals surface area contributed by atoms with E-state index in [1.165, 1.54) is 19.0 Å². The van der Waals surface area contributed by atoms with E-state index in [4.69, 9.17) is 4.74 Å². The second-order valence-electron chi connectivity index (χ2n) is 5.13. The molecular formula is C14H18FN5O. The number of hydrogen-bond donors (Lipinski definition) is 1. The van der Waals surface area contributed by atoms with Crippen molar-refractivity contribution in [2.24, 2.45) is 0 Å². The number of methoxy groups -OCH3 is 1. The second-order valence-corrected chi connectivity index (χ2v) is 5.13. The average Bonchev–Trinajstić information content (AvgIpc) is 2.88. The normalized spacial score (nSPS) is 14.8. The van der Waals surface area contributed by atoms with Crippen LogP contribution in [-0.4, -0.2) is 40.4 Å². The Balaban J connectivity index is 1.71. The van der Waals surface area contributed by atoms with E-state index in [9.17, 15) is 4.39 Å². The fourth-order valence-electron chi connectivity index (χ4n) is 2.41. The van der Waals surface area contributed by atoms with E-state index in [-0.39, 0.29) is 5.88 Å². The van der Waals surface area contributed by atoms with E-state index in [1.54, 1.807) is 6.07 Å². The van der Waals surface area contributed by atoms with Gasteiger partial charge in [-0.15, -0.1) is 0 Å². The molecule has 1 aliphatic heterocycles. The fraction of sp³-hybridized carbons (Fsp3) is 0.429. The predicted molar refractivity (Wildman–Crippen MR) is 76.6 cm³/mol. The SMILES string of the molecule is COc1nccc(CNc2cc3n(n2)CCN(C)C3)c1F. The molecule has 0 spiro atoms. The van der Waals surface area contributed by atoms with Gasteiger partial charge in [0.1, 0.15) is 5.82 Å². The highest BCUT2D eigenvalue weighted by Crippen LogP contribution is 2.19. The van der Waals surface area contributed by atoms with Gasteiger partial charge in [0.15, 0.2) is 5.82 Å². The number of ether oxygens (including phenoxy) is 1. The highest BCUT2D eigenvalue weighted by Gasteiger charge is 2.16. The zero-order valence-electron chi connectivity index (χ0n) is 12.1. The van der Waals surface area contributed by atoms with Gasteiger partial charge < -0.3 is 10.1 Å². The monoisotopic (exact) mass is 291 g/mol. The van der Waals surface area contributed by atoms with Crippen LogP contribution in [0.2, 0.25) is 0 Å². The first-order valence-corrected chi connectivity index (χ1v) is 6.84. The molecule has 0 unspecified atom stereocenters. The lowest BCUT2D eigenvalue weighted by atomic mass is 10.2. The molecule has 1 aliphatic rings. The third-order valence-corrected chi connectivity index (χ3v) is 3.58. The van der Waals surface area contributed by atoms with Crippen molar-refractivity contribution in [2.75, 3.05) is 26.0 Å². The molecule has 0 radical (unpaired) electrons. The van der Waals surface area contributed by atoms with E-state index < -0.39 is 5.82 Å². The Kier molecular flexibility index (Phi) is 3.74. The van der Waals surface area contributed by atoms with Crippen molar-refractivity contribution in [2.45, 2.75) is 19.6 Å². The molecule has 0 saturated heterocycles. The third-order valence-electron chi connectivity index (χ3n) is 3.58. The van der Waals surface area contributed by atoms with E-state index in [1.807, 2.05) is 10.7 Å². The number of likely N-dealkylation sites (N-methyl/N-ethyl adjacent to an activating group) is 1. The second kappa shape index (κ2) is 5.69. The van der Waals surface area contributed by atoms with Crippen LogP contribution in [0.5, 0.6) is 5.88 Å². The van der Waals surface area contributed by atoms with Crippen LogP contribution in [0.1, 0.15) is 11.3 Å². The predicted octanol–water partition coefficient (Wildman–Crippen LogP) is 1.48. The van der Waals surface area contributed by atoms with E-state index in [2.05, 4.69) is 27.3 Å². The summed E-state index contributed by atoms with van der Waals surface area (Å²) in [7, 11) is 3.49. The molecule has 0 amide bonds. The maximum absolute atomic E-state index is 14.0. The zero-order chi connectivity index (χ0) is 14.8. The van der Waals surface area contributed by atoms with Gasteiger partial charge in [0.2, 0.25) is 5.88 Å². The Morgan fingerprint density at radius 1 is 1.43 bits per heavy atom. The molecule has 112 valence electrons. The molecule has 0 saturated carbocycles. The maximum Gasteiger partial charge on any atom is 0.250 e. The van der Waals surface area contributed by atoms with Crippen LogP contribution < -0.4 is 10.1 Å². The molecule has 2 aromatic heterocycles. The Bertz CT molecular complexity index is 642. The van der Waals surface area contributed by atoms with Crippen molar-refractivity contribution in [1.82, 2.24) is 19.7 Å². The standard InChI is InChI=1S/C14H18FN5O/c1-19-5-6-20-11(9-19)7-12(18-20)17-8-10-3-4-16-14(21-2)13(10)15/h3-4,7H,5-6,8-9H2,1-2H3,(H,17,18).